The summed E-state index contributed by atoms with van der Waals surface area (Å²) in [5.74, 6) is -2.21. The van der Waals surface area contributed by atoms with E-state index in [9.17, 15) is 22.8 Å². The van der Waals surface area contributed by atoms with E-state index in [1.807, 2.05) is 31.2 Å². The van der Waals surface area contributed by atoms with Crippen molar-refractivity contribution in [3.8, 4) is 0 Å². The normalized spacial score (nSPS) is 24.5. The quantitative estimate of drug-likeness (QED) is 0.449. The van der Waals surface area contributed by atoms with Crippen LogP contribution in [0.4, 0.5) is 4.79 Å². The highest BCUT2D eigenvalue weighted by molar-refractivity contribution is 7.90. The third-order valence-electron chi connectivity index (χ3n) is 9.23. The number of hydrogen-bond acceptors (Lipinski definition) is 6. The lowest BCUT2D eigenvalue weighted by Gasteiger charge is -2.49. The number of barbiturate groups is 1. The number of urea groups is 1. The van der Waals surface area contributed by atoms with Crippen molar-refractivity contribution in [3.05, 3.63) is 65.4 Å². The fraction of sp³-hybridized carbons (Fsp3) is 0.433. The average molecular weight is 563 g/mol. The van der Waals surface area contributed by atoms with E-state index in [-0.39, 0.29) is 22.8 Å². The summed E-state index contributed by atoms with van der Waals surface area (Å²) in [5, 5.41) is 0.914. The van der Waals surface area contributed by atoms with Gasteiger partial charge in [-0.15, -0.1) is 0 Å². The monoisotopic (exact) mass is 562 g/mol. The van der Waals surface area contributed by atoms with Gasteiger partial charge in [0, 0.05) is 32.6 Å². The van der Waals surface area contributed by atoms with Crippen LogP contribution in [0.1, 0.15) is 42.6 Å². The number of rotatable bonds is 4. The summed E-state index contributed by atoms with van der Waals surface area (Å²) < 4.78 is 30.1. The Morgan fingerprint density at radius 2 is 1.57 bits per heavy atom. The average Bonchev–Trinajstić information content (AvgIpc) is 3.30. The topological polar surface area (TPSA) is 100 Å². The molecule has 3 aliphatic rings. The molecule has 0 saturated carbocycles. The maximum Gasteiger partial charge on any atom is 0.332 e. The summed E-state index contributed by atoms with van der Waals surface area (Å²) in [6, 6.07) is 13.6. The Morgan fingerprint density at radius 1 is 0.925 bits per heavy atom. The van der Waals surface area contributed by atoms with Gasteiger partial charge in [-0.1, -0.05) is 49.2 Å². The number of imide groups is 2. The molecule has 0 spiro atoms. The summed E-state index contributed by atoms with van der Waals surface area (Å²) in [4.78, 5) is 43.8. The van der Waals surface area contributed by atoms with Gasteiger partial charge >= 0.3 is 6.03 Å². The predicted octanol–water partition coefficient (Wildman–Crippen LogP) is 3.80. The Balaban J connectivity index is 1.51. The number of carbonyl (C=O) groups is 3. The van der Waals surface area contributed by atoms with Crippen molar-refractivity contribution >= 4 is 38.8 Å². The molecule has 0 unspecified atom stereocenters. The maximum atomic E-state index is 14.3. The zero-order valence-electron chi connectivity index (χ0n) is 23.2. The van der Waals surface area contributed by atoms with Crippen LogP contribution in [0.15, 0.2) is 53.4 Å². The lowest BCUT2D eigenvalue weighted by atomic mass is 9.70. The molecule has 0 radical (unpaired) electrons. The highest BCUT2D eigenvalue weighted by Gasteiger charge is 2.52. The minimum Gasteiger partial charge on any atom is -0.294 e. The van der Waals surface area contributed by atoms with Gasteiger partial charge in [0.25, 0.3) is 10.0 Å². The van der Waals surface area contributed by atoms with E-state index in [0.29, 0.717) is 24.9 Å². The van der Waals surface area contributed by atoms with Crippen molar-refractivity contribution in [1.82, 2.24) is 18.7 Å². The second-order valence-electron chi connectivity index (χ2n) is 11.3. The number of hydrogen-bond donors (Lipinski definition) is 0. The Labute approximate surface area is 234 Å². The van der Waals surface area contributed by atoms with Gasteiger partial charge in [0.15, 0.2) is 0 Å². The van der Waals surface area contributed by atoms with Crippen LogP contribution in [0.5, 0.6) is 0 Å². The molecule has 4 heterocycles. The van der Waals surface area contributed by atoms with E-state index in [4.69, 9.17) is 0 Å². The van der Waals surface area contributed by atoms with Crippen LogP contribution < -0.4 is 0 Å². The molecule has 40 heavy (non-hydrogen) atoms. The minimum atomic E-state index is -3.94. The number of para-hydroxylation sites is 1. The molecule has 4 amide bonds. The molecule has 0 N–H and O–H groups in total. The molecule has 1 aromatic heterocycles. The smallest absolute Gasteiger partial charge is 0.294 e. The van der Waals surface area contributed by atoms with Crippen molar-refractivity contribution in [2.24, 2.45) is 17.8 Å². The summed E-state index contributed by atoms with van der Waals surface area (Å²) >= 11 is 0. The van der Waals surface area contributed by atoms with Crippen LogP contribution in [0.2, 0.25) is 0 Å². The standard InChI is InChI=1S/C30H34N4O5S/c1-5-19-17-33-15-14-22-21-8-6-7-9-24(21)34(40(38,39)20-12-10-18(2)11-13-20)27(22)25(33)16-23(19)26-28(35)31(3)30(37)32(4)29(26)36/h6-13,19,23,25-26H,5,14-17H2,1-4H3/t19-,23-,25-/m0/s1. The van der Waals surface area contributed by atoms with E-state index in [1.165, 1.54) is 18.1 Å². The van der Waals surface area contributed by atoms with E-state index in [1.54, 1.807) is 24.3 Å². The van der Waals surface area contributed by atoms with Gasteiger partial charge < -0.3 is 0 Å². The number of aryl methyl sites for hydroxylation is 1. The van der Waals surface area contributed by atoms with Crippen molar-refractivity contribution in [2.45, 2.75) is 44.0 Å². The number of piperidine rings is 1. The first-order chi connectivity index (χ1) is 19.1. The molecular weight excluding hydrogens is 528 g/mol. The van der Waals surface area contributed by atoms with Crippen LogP contribution in [0.25, 0.3) is 10.9 Å². The molecule has 2 saturated heterocycles. The van der Waals surface area contributed by atoms with Crippen molar-refractivity contribution in [1.29, 1.82) is 0 Å². The summed E-state index contributed by atoms with van der Waals surface area (Å²) in [7, 11) is -1.11. The predicted molar refractivity (Wildman–Crippen MR) is 150 cm³/mol. The molecule has 3 aromatic rings. The molecule has 2 fully saturated rings. The number of benzene rings is 2. The molecule has 0 bridgehead atoms. The van der Waals surface area contributed by atoms with E-state index in [2.05, 4.69) is 11.8 Å². The summed E-state index contributed by atoms with van der Waals surface area (Å²) in [6.45, 7) is 5.40. The van der Waals surface area contributed by atoms with Gasteiger partial charge in [0.2, 0.25) is 11.8 Å². The Morgan fingerprint density at radius 3 is 2.23 bits per heavy atom. The molecule has 3 aliphatic heterocycles. The molecule has 6 rings (SSSR count). The number of amides is 4. The van der Waals surface area contributed by atoms with Crippen LogP contribution in [-0.2, 0) is 26.0 Å². The Bertz CT molecular complexity index is 1620. The highest BCUT2D eigenvalue weighted by atomic mass is 32.2. The largest absolute Gasteiger partial charge is 0.332 e. The molecule has 210 valence electrons. The molecular formula is C30H34N4O5S. The zero-order valence-corrected chi connectivity index (χ0v) is 24.0. The fourth-order valence-electron chi connectivity index (χ4n) is 7.06. The number of nitrogens with zero attached hydrogens (tertiary/aromatic N) is 4. The van der Waals surface area contributed by atoms with Gasteiger partial charge in [-0.2, -0.15) is 0 Å². The molecule has 0 aliphatic carbocycles. The van der Waals surface area contributed by atoms with Crippen molar-refractivity contribution < 1.29 is 22.8 Å². The van der Waals surface area contributed by atoms with Gasteiger partial charge in [0.05, 0.1) is 22.1 Å². The Hall–Kier alpha value is -3.50. The minimum absolute atomic E-state index is 0.0530. The second-order valence-corrected chi connectivity index (χ2v) is 13.1. The molecule has 2 aromatic carbocycles. The Kier molecular flexibility index (Phi) is 6.38. The SMILES string of the molecule is CC[C@H]1CN2CCc3c(n(S(=O)(=O)c4ccc(C)cc4)c4ccccc34)[C@@H]2C[C@@H]1C1C(=O)N(C)C(=O)N(C)C1=O. The maximum absolute atomic E-state index is 14.3. The third kappa shape index (κ3) is 3.83. The van der Waals surface area contributed by atoms with E-state index in [0.717, 1.165) is 45.0 Å². The lowest BCUT2D eigenvalue weighted by molar-refractivity contribution is -0.153. The molecule has 9 nitrogen and oxygen atoms in total. The van der Waals surface area contributed by atoms with Gasteiger partial charge in [0.1, 0.15) is 5.92 Å². The van der Waals surface area contributed by atoms with E-state index >= 15 is 0 Å². The number of aromatic nitrogens is 1. The first kappa shape index (κ1) is 26.7. The first-order valence-electron chi connectivity index (χ1n) is 13.8. The second kappa shape index (κ2) is 9.55. The summed E-state index contributed by atoms with van der Waals surface area (Å²) in [6.07, 6.45) is 1.93. The number of carbonyl (C=O) groups excluding carboxylic acids is 3. The first-order valence-corrected chi connectivity index (χ1v) is 15.3. The van der Waals surface area contributed by atoms with Gasteiger partial charge in [-0.3, -0.25) is 24.3 Å². The highest BCUT2D eigenvalue weighted by Crippen LogP contribution is 2.48. The summed E-state index contributed by atoms with van der Waals surface area (Å²) in [5.41, 5.74) is 3.34. The van der Waals surface area contributed by atoms with Crippen molar-refractivity contribution in [3.63, 3.8) is 0 Å². The zero-order chi connectivity index (χ0) is 28.5. The van der Waals surface area contributed by atoms with Crippen molar-refractivity contribution in [2.75, 3.05) is 27.2 Å². The van der Waals surface area contributed by atoms with Crippen LogP contribution in [0.3, 0.4) is 0 Å². The lowest BCUT2D eigenvalue weighted by Crippen LogP contribution is -2.61. The molecule has 3 atom stereocenters. The van der Waals surface area contributed by atoms with E-state index < -0.39 is 33.8 Å². The van der Waals surface area contributed by atoms with Gasteiger partial charge in [-0.25, -0.2) is 17.2 Å². The fourth-order valence-corrected chi connectivity index (χ4v) is 8.66. The van der Waals surface area contributed by atoms with Gasteiger partial charge in [-0.05, 0) is 55.4 Å². The van der Waals surface area contributed by atoms with Crippen LogP contribution >= 0.6 is 0 Å². The number of fused-ring (bicyclic) bond motifs is 5. The van der Waals surface area contributed by atoms with Crippen LogP contribution in [0, 0.1) is 24.7 Å². The molecule has 10 heteroatoms. The van der Waals surface area contributed by atoms with Crippen LogP contribution in [-0.4, -0.2) is 72.1 Å². The third-order valence-corrected chi connectivity index (χ3v) is 11.0.